The highest BCUT2D eigenvalue weighted by Gasteiger charge is 2.27. The Morgan fingerprint density at radius 1 is 0.581 bits per heavy atom. The number of rotatable bonds is 16. The lowest BCUT2D eigenvalue weighted by Crippen LogP contribution is -2.25. The fraction of sp³-hybridized carbons (Fsp3) is 0.526. The molecule has 0 N–H and O–H groups in total. The van der Waals surface area contributed by atoms with E-state index in [4.69, 9.17) is 4.74 Å². The minimum absolute atomic E-state index is 0.148. The van der Waals surface area contributed by atoms with Crippen LogP contribution in [0, 0.1) is 23.3 Å². The van der Waals surface area contributed by atoms with Crippen molar-refractivity contribution < 1.29 is 22.3 Å². The summed E-state index contributed by atoms with van der Waals surface area (Å²) in [4.78, 5) is 0. The van der Waals surface area contributed by atoms with E-state index in [1.807, 2.05) is 0 Å². The van der Waals surface area contributed by atoms with E-state index in [1.165, 1.54) is 38.5 Å². The predicted octanol–water partition coefficient (Wildman–Crippen LogP) is 12.1. The fourth-order valence-electron chi connectivity index (χ4n) is 6.29. The quantitative estimate of drug-likeness (QED) is 0.118. The maximum absolute atomic E-state index is 15.3. The van der Waals surface area contributed by atoms with Crippen molar-refractivity contribution in [2.45, 2.75) is 122 Å². The van der Waals surface area contributed by atoms with Gasteiger partial charge in [0, 0.05) is 17.0 Å². The first-order valence-electron chi connectivity index (χ1n) is 16.6. The largest absolute Gasteiger partial charge is 0.378 e. The van der Waals surface area contributed by atoms with Crippen LogP contribution in [-0.2, 0) is 11.2 Å². The summed E-state index contributed by atoms with van der Waals surface area (Å²) in [5.74, 6) is -3.55. The molecular formula is C38H48F4O. The minimum Gasteiger partial charge on any atom is -0.378 e. The molecular weight excluding hydrogens is 548 g/mol. The third-order valence-corrected chi connectivity index (χ3v) is 9.02. The van der Waals surface area contributed by atoms with Crippen LogP contribution >= 0.6 is 0 Å². The van der Waals surface area contributed by atoms with Crippen LogP contribution in [0.4, 0.5) is 17.6 Å². The molecule has 0 spiro atoms. The summed E-state index contributed by atoms with van der Waals surface area (Å²) in [6, 6.07) is 13.1. The molecule has 1 nitrogen and oxygen atoms in total. The van der Waals surface area contributed by atoms with Crippen LogP contribution < -0.4 is 0 Å². The summed E-state index contributed by atoms with van der Waals surface area (Å²) >= 11 is 0. The molecule has 1 heterocycles. The van der Waals surface area contributed by atoms with E-state index >= 15 is 13.2 Å². The van der Waals surface area contributed by atoms with E-state index in [0.717, 1.165) is 51.4 Å². The van der Waals surface area contributed by atoms with Gasteiger partial charge in [-0.1, -0.05) is 127 Å². The molecule has 0 amide bonds. The van der Waals surface area contributed by atoms with E-state index in [9.17, 15) is 4.39 Å². The molecule has 0 radical (unpaired) electrons. The zero-order chi connectivity index (χ0) is 30.6. The van der Waals surface area contributed by atoms with Crippen molar-refractivity contribution in [1.82, 2.24) is 0 Å². The molecule has 3 aromatic rings. The molecule has 2 unspecified atom stereocenters. The van der Waals surface area contributed by atoms with Gasteiger partial charge in [0.2, 0.25) is 0 Å². The summed E-state index contributed by atoms with van der Waals surface area (Å²) in [6.07, 6.45) is 16.1. The zero-order valence-corrected chi connectivity index (χ0v) is 26.0. The third kappa shape index (κ3) is 8.94. The Kier molecular flexibility index (Phi) is 13.1. The van der Waals surface area contributed by atoms with Gasteiger partial charge in [0.15, 0.2) is 23.3 Å². The first kappa shape index (κ1) is 33.2. The van der Waals surface area contributed by atoms with E-state index in [1.54, 1.807) is 48.5 Å². The van der Waals surface area contributed by atoms with Crippen molar-refractivity contribution in [3.8, 4) is 22.3 Å². The molecule has 0 aromatic heterocycles. The van der Waals surface area contributed by atoms with Crippen LogP contribution in [0.5, 0.6) is 0 Å². The highest BCUT2D eigenvalue weighted by atomic mass is 19.2. The second-order valence-electron chi connectivity index (χ2n) is 12.3. The van der Waals surface area contributed by atoms with Crippen LogP contribution in [0.3, 0.4) is 0 Å². The maximum atomic E-state index is 15.3. The first-order valence-corrected chi connectivity index (χ1v) is 16.6. The molecule has 3 aromatic carbocycles. The molecule has 1 fully saturated rings. The van der Waals surface area contributed by atoms with Crippen molar-refractivity contribution in [2.75, 3.05) is 6.61 Å². The monoisotopic (exact) mass is 596 g/mol. The molecule has 43 heavy (non-hydrogen) atoms. The molecule has 0 aliphatic carbocycles. The smallest absolute Gasteiger partial charge is 0.166 e. The highest BCUT2D eigenvalue weighted by Crippen LogP contribution is 2.36. The molecule has 1 aliphatic heterocycles. The van der Waals surface area contributed by atoms with Crippen molar-refractivity contribution in [3.05, 3.63) is 82.9 Å². The van der Waals surface area contributed by atoms with Gasteiger partial charge in [0.25, 0.3) is 0 Å². The van der Waals surface area contributed by atoms with Gasteiger partial charge in [-0.05, 0) is 54.4 Å². The number of hydrogen-bond acceptors (Lipinski definition) is 1. The standard InChI is InChI=1S/C38H48F4O/c1-3-5-7-8-9-10-11-13-14-29-21-23-32(36(40)35(29)39)27-16-18-28(19-17-27)33-24-25-34(38(42)37(33)41)30-20-22-31(43-26-30)15-12-6-4-2/h16-19,21,23-25,30-31H,3-15,20,22,26H2,1-2H3. The Labute approximate surface area is 256 Å². The average Bonchev–Trinajstić information content (AvgIpc) is 3.02. The van der Waals surface area contributed by atoms with Gasteiger partial charge in [-0.25, -0.2) is 17.6 Å². The Bertz CT molecular complexity index is 1280. The second-order valence-corrected chi connectivity index (χ2v) is 12.3. The maximum Gasteiger partial charge on any atom is 0.166 e. The minimum atomic E-state index is -0.891. The highest BCUT2D eigenvalue weighted by molar-refractivity contribution is 5.71. The van der Waals surface area contributed by atoms with Gasteiger partial charge in [-0.2, -0.15) is 0 Å². The fourth-order valence-corrected chi connectivity index (χ4v) is 6.29. The number of ether oxygens (including phenoxy) is 1. The molecule has 5 heteroatoms. The molecule has 1 aliphatic rings. The van der Waals surface area contributed by atoms with Gasteiger partial charge in [0.05, 0.1) is 12.7 Å². The average molecular weight is 597 g/mol. The Morgan fingerprint density at radius 3 is 1.74 bits per heavy atom. The number of benzene rings is 3. The van der Waals surface area contributed by atoms with Crippen LogP contribution in [0.25, 0.3) is 22.3 Å². The van der Waals surface area contributed by atoms with Crippen molar-refractivity contribution >= 4 is 0 Å². The topological polar surface area (TPSA) is 9.23 Å². The third-order valence-electron chi connectivity index (χ3n) is 9.02. The SMILES string of the molecule is CCCCCCCCCCc1ccc(-c2ccc(-c3ccc(C4CCC(CCCCC)OC4)c(F)c3F)cc2)c(F)c1F. The van der Waals surface area contributed by atoms with Crippen LogP contribution in [0.1, 0.15) is 121 Å². The zero-order valence-electron chi connectivity index (χ0n) is 26.0. The summed E-state index contributed by atoms with van der Waals surface area (Å²) in [7, 11) is 0. The van der Waals surface area contributed by atoms with E-state index in [2.05, 4.69) is 13.8 Å². The van der Waals surface area contributed by atoms with Gasteiger partial charge < -0.3 is 4.74 Å². The van der Waals surface area contributed by atoms with E-state index < -0.39 is 23.3 Å². The lowest BCUT2D eigenvalue weighted by atomic mass is 9.88. The van der Waals surface area contributed by atoms with Crippen molar-refractivity contribution in [2.24, 2.45) is 0 Å². The molecule has 2 atom stereocenters. The second kappa shape index (κ2) is 17.0. The Morgan fingerprint density at radius 2 is 1.14 bits per heavy atom. The number of unbranched alkanes of at least 4 members (excludes halogenated alkanes) is 9. The lowest BCUT2D eigenvalue weighted by Gasteiger charge is -2.29. The van der Waals surface area contributed by atoms with Gasteiger partial charge >= 0.3 is 0 Å². The molecule has 4 rings (SSSR count). The van der Waals surface area contributed by atoms with Gasteiger partial charge in [-0.3, -0.25) is 0 Å². The number of hydrogen-bond donors (Lipinski definition) is 0. The van der Waals surface area contributed by atoms with Gasteiger partial charge in [-0.15, -0.1) is 0 Å². The summed E-state index contributed by atoms with van der Waals surface area (Å²) in [5, 5.41) is 0. The lowest BCUT2D eigenvalue weighted by molar-refractivity contribution is -0.00277. The van der Waals surface area contributed by atoms with Gasteiger partial charge in [0.1, 0.15) is 0 Å². The normalized spacial score (nSPS) is 17.0. The van der Waals surface area contributed by atoms with Crippen molar-refractivity contribution in [1.29, 1.82) is 0 Å². The first-order chi connectivity index (χ1) is 20.9. The van der Waals surface area contributed by atoms with Crippen LogP contribution in [0.15, 0.2) is 48.5 Å². The summed E-state index contributed by atoms with van der Waals surface area (Å²) < 4.78 is 66.4. The Balaban J connectivity index is 1.36. The number of aryl methyl sites for hydroxylation is 1. The van der Waals surface area contributed by atoms with Crippen LogP contribution in [0.2, 0.25) is 0 Å². The molecule has 234 valence electrons. The van der Waals surface area contributed by atoms with E-state index in [0.29, 0.717) is 35.3 Å². The van der Waals surface area contributed by atoms with Crippen LogP contribution in [-0.4, -0.2) is 12.7 Å². The summed E-state index contributed by atoms with van der Waals surface area (Å²) in [6.45, 7) is 4.78. The molecule has 1 saturated heterocycles. The molecule has 0 bridgehead atoms. The summed E-state index contributed by atoms with van der Waals surface area (Å²) in [5.41, 5.74) is 2.04. The number of halogens is 4. The van der Waals surface area contributed by atoms with Crippen molar-refractivity contribution in [3.63, 3.8) is 0 Å². The predicted molar refractivity (Wildman–Crippen MR) is 169 cm³/mol. The van der Waals surface area contributed by atoms with E-state index in [-0.39, 0.29) is 23.1 Å². The molecule has 0 saturated carbocycles. The Hall–Kier alpha value is -2.66.